The number of aromatic nitrogens is 1. The minimum absolute atomic E-state index is 0.633. The Hall–Kier alpha value is -1.77. The number of nitrogen functional groups attached to an aromatic ring is 1. The maximum absolute atomic E-state index is 5.75. The van der Waals surface area contributed by atoms with Gasteiger partial charge in [-0.3, -0.25) is 0 Å². The molecule has 1 heterocycles. The summed E-state index contributed by atoms with van der Waals surface area (Å²) in [5.74, 6) is 2.24. The van der Waals surface area contributed by atoms with Crippen LogP contribution in [0, 0.1) is 11.8 Å². The molecule has 0 saturated heterocycles. The van der Waals surface area contributed by atoms with Crippen LogP contribution in [0.2, 0.25) is 0 Å². The van der Waals surface area contributed by atoms with Crippen LogP contribution in [0.1, 0.15) is 20.8 Å². The van der Waals surface area contributed by atoms with E-state index in [4.69, 9.17) is 5.73 Å². The van der Waals surface area contributed by atoms with Gasteiger partial charge in [-0.05, 0) is 42.2 Å². The molecule has 18 heavy (non-hydrogen) atoms. The number of benzene rings is 1. The molecule has 96 valence electrons. The summed E-state index contributed by atoms with van der Waals surface area (Å²) in [7, 11) is 0. The van der Waals surface area contributed by atoms with Crippen molar-refractivity contribution < 1.29 is 0 Å². The van der Waals surface area contributed by atoms with Crippen LogP contribution in [0.5, 0.6) is 0 Å². The highest BCUT2D eigenvalue weighted by atomic mass is 15.0. The summed E-state index contributed by atoms with van der Waals surface area (Å²) in [6.45, 7) is 7.68. The van der Waals surface area contributed by atoms with Crippen molar-refractivity contribution in [3.8, 4) is 0 Å². The molecule has 0 aliphatic carbocycles. The molecule has 0 spiro atoms. The zero-order valence-corrected chi connectivity index (χ0v) is 11.3. The molecule has 1 atom stereocenters. The first-order valence-corrected chi connectivity index (χ1v) is 6.46. The fraction of sp³-hybridized carbons (Fsp3) is 0.400. The van der Waals surface area contributed by atoms with Gasteiger partial charge in [0.25, 0.3) is 0 Å². The number of nitrogens with zero attached hydrogens (tertiary/aromatic N) is 1. The number of rotatable bonds is 4. The van der Waals surface area contributed by atoms with Crippen LogP contribution in [-0.2, 0) is 0 Å². The van der Waals surface area contributed by atoms with Crippen molar-refractivity contribution in [2.45, 2.75) is 20.8 Å². The zero-order valence-electron chi connectivity index (χ0n) is 11.3. The second kappa shape index (κ2) is 5.25. The quantitative estimate of drug-likeness (QED) is 0.808. The minimum atomic E-state index is 0.633. The van der Waals surface area contributed by atoms with Crippen LogP contribution >= 0.6 is 0 Å². The van der Waals surface area contributed by atoms with Crippen LogP contribution < -0.4 is 11.1 Å². The fourth-order valence-corrected chi connectivity index (χ4v) is 1.74. The van der Waals surface area contributed by atoms with Crippen molar-refractivity contribution >= 4 is 22.4 Å². The van der Waals surface area contributed by atoms with E-state index < -0.39 is 0 Å². The van der Waals surface area contributed by atoms with Crippen LogP contribution in [0.4, 0.5) is 11.5 Å². The average Bonchev–Trinajstić information content (AvgIpc) is 2.35. The van der Waals surface area contributed by atoms with Gasteiger partial charge in [0.05, 0.1) is 5.52 Å². The Kier molecular flexibility index (Phi) is 3.70. The van der Waals surface area contributed by atoms with E-state index in [-0.39, 0.29) is 0 Å². The van der Waals surface area contributed by atoms with Gasteiger partial charge in [0.15, 0.2) is 0 Å². The van der Waals surface area contributed by atoms with Crippen molar-refractivity contribution in [3.63, 3.8) is 0 Å². The molecule has 3 N–H and O–H groups in total. The first-order valence-electron chi connectivity index (χ1n) is 6.46. The molecule has 0 aliphatic heterocycles. The lowest BCUT2D eigenvalue weighted by Crippen LogP contribution is -2.16. The second-order valence-corrected chi connectivity index (χ2v) is 5.25. The van der Waals surface area contributed by atoms with Crippen LogP contribution in [0.3, 0.4) is 0 Å². The normalized spacial score (nSPS) is 12.9. The van der Waals surface area contributed by atoms with E-state index in [0.29, 0.717) is 11.8 Å². The van der Waals surface area contributed by atoms with Crippen molar-refractivity contribution in [1.82, 2.24) is 4.98 Å². The zero-order chi connectivity index (χ0) is 13.1. The fourth-order valence-electron chi connectivity index (χ4n) is 1.74. The highest BCUT2D eigenvalue weighted by molar-refractivity contribution is 5.83. The number of hydrogen-bond acceptors (Lipinski definition) is 3. The highest BCUT2D eigenvalue weighted by Crippen LogP contribution is 2.18. The lowest BCUT2D eigenvalue weighted by atomic mass is 9.98. The van der Waals surface area contributed by atoms with Gasteiger partial charge in [-0.2, -0.15) is 0 Å². The third-order valence-electron chi connectivity index (χ3n) is 3.46. The van der Waals surface area contributed by atoms with Crippen molar-refractivity contribution in [1.29, 1.82) is 0 Å². The third-order valence-corrected chi connectivity index (χ3v) is 3.46. The molecule has 0 bridgehead atoms. The van der Waals surface area contributed by atoms with E-state index >= 15 is 0 Å². The first kappa shape index (κ1) is 12.7. The molecule has 1 aromatic carbocycles. The average molecular weight is 243 g/mol. The molecule has 0 fully saturated rings. The SMILES string of the molecule is CC(C)C(C)CNc1ccc2cc(N)ccc2n1. The van der Waals surface area contributed by atoms with Gasteiger partial charge in [0.2, 0.25) is 0 Å². The van der Waals surface area contributed by atoms with Crippen LogP contribution in [0.15, 0.2) is 30.3 Å². The summed E-state index contributed by atoms with van der Waals surface area (Å²) < 4.78 is 0. The second-order valence-electron chi connectivity index (χ2n) is 5.25. The van der Waals surface area contributed by atoms with Gasteiger partial charge in [0, 0.05) is 17.6 Å². The lowest BCUT2D eigenvalue weighted by Gasteiger charge is -2.16. The number of hydrogen-bond donors (Lipinski definition) is 2. The van der Waals surface area contributed by atoms with E-state index in [1.807, 2.05) is 24.3 Å². The third kappa shape index (κ3) is 2.92. The van der Waals surface area contributed by atoms with Crippen LogP contribution in [0.25, 0.3) is 10.9 Å². The first-order chi connectivity index (χ1) is 8.56. The van der Waals surface area contributed by atoms with Crippen molar-refractivity contribution in [2.24, 2.45) is 11.8 Å². The molecule has 0 radical (unpaired) electrons. The number of pyridine rings is 1. The van der Waals surface area contributed by atoms with Crippen molar-refractivity contribution in [2.75, 3.05) is 17.6 Å². The van der Waals surface area contributed by atoms with E-state index in [1.54, 1.807) is 0 Å². The van der Waals surface area contributed by atoms with E-state index in [0.717, 1.165) is 29.0 Å². The topological polar surface area (TPSA) is 50.9 Å². The molecule has 0 amide bonds. The Labute approximate surface area is 108 Å². The maximum Gasteiger partial charge on any atom is 0.126 e. The summed E-state index contributed by atoms with van der Waals surface area (Å²) in [5.41, 5.74) is 7.50. The Morgan fingerprint density at radius 1 is 1.17 bits per heavy atom. The number of nitrogens with one attached hydrogen (secondary N) is 1. The number of nitrogens with two attached hydrogens (primary N) is 1. The molecule has 0 saturated carbocycles. The van der Waals surface area contributed by atoms with Gasteiger partial charge < -0.3 is 11.1 Å². The molecule has 2 aromatic rings. The Morgan fingerprint density at radius 3 is 2.67 bits per heavy atom. The summed E-state index contributed by atoms with van der Waals surface area (Å²) in [4.78, 5) is 4.58. The molecular weight excluding hydrogens is 222 g/mol. The molecule has 3 nitrogen and oxygen atoms in total. The van der Waals surface area contributed by atoms with Gasteiger partial charge >= 0.3 is 0 Å². The molecule has 2 rings (SSSR count). The molecule has 1 unspecified atom stereocenters. The highest BCUT2D eigenvalue weighted by Gasteiger charge is 2.07. The number of anilines is 2. The summed E-state index contributed by atoms with van der Waals surface area (Å²) in [6, 6.07) is 9.86. The van der Waals surface area contributed by atoms with Gasteiger partial charge in [-0.1, -0.05) is 20.8 Å². The van der Waals surface area contributed by atoms with Gasteiger partial charge in [-0.15, -0.1) is 0 Å². The molecule has 3 heteroatoms. The summed E-state index contributed by atoms with van der Waals surface area (Å²) in [5, 5.41) is 4.47. The van der Waals surface area contributed by atoms with Crippen molar-refractivity contribution in [3.05, 3.63) is 30.3 Å². The lowest BCUT2D eigenvalue weighted by molar-refractivity contribution is 0.439. The predicted molar refractivity (Wildman–Crippen MR) is 78.6 cm³/mol. The van der Waals surface area contributed by atoms with Gasteiger partial charge in [-0.25, -0.2) is 4.98 Å². The largest absolute Gasteiger partial charge is 0.399 e. The molecular formula is C15H21N3. The monoisotopic (exact) mass is 243 g/mol. The Bertz CT molecular complexity index is 534. The molecule has 0 aliphatic rings. The summed E-state index contributed by atoms with van der Waals surface area (Å²) >= 11 is 0. The Balaban J connectivity index is 2.13. The smallest absolute Gasteiger partial charge is 0.126 e. The minimum Gasteiger partial charge on any atom is -0.399 e. The molecule has 1 aromatic heterocycles. The van der Waals surface area contributed by atoms with E-state index in [1.165, 1.54) is 0 Å². The van der Waals surface area contributed by atoms with Crippen LogP contribution in [-0.4, -0.2) is 11.5 Å². The van der Waals surface area contributed by atoms with Gasteiger partial charge in [0.1, 0.15) is 5.82 Å². The van der Waals surface area contributed by atoms with E-state index in [2.05, 4.69) is 37.1 Å². The Morgan fingerprint density at radius 2 is 1.94 bits per heavy atom. The predicted octanol–water partition coefficient (Wildman–Crippen LogP) is 3.52. The summed E-state index contributed by atoms with van der Waals surface area (Å²) in [6.07, 6.45) is 0. The number of fused-ring (bicyclic) bond motifs is 1. The standard InChI is InChI=1S/C15H21N3/c1-10(2)11(3)9-17-15-7-4-12-8-13(16)5-6-14(12)18-15/h4-8,10-11H,9,16H2,1-3H3,(H,17,18). The maximum atomic E-state index is 5.75. The van der Waals surface area contributed by atoms with E-state index in [9.17, 15) is 0 Å².